The number of halogens is 2. The van der Waals surface area contributed by atoms with Crippen molar-refractivity contribution < 1.29 is 19.0 Å². The van der Waals surface area contributed by atoms with Crippen LogP contribution >= 0.6 is 15.9 Å². The van der Waals surface area contributed by atoms with Crippen LogP contribution in [0.5, 0.6) is 0 Å². The Morgan fingerprint density at radius 3 is 2.89 bits per heavy atom. The molecule has 106 valence electrons. The van der Waals surface area contributed by atoms with E-state index < -0.39 is 5.82 Å². The largest absolute Gasteiger partial charge is 0.396 e. The molecule has 19 heavy (non-hydrogen) atoms. The minimum atomic E-state index is -0.569. The Bertz CT molecular complexity index is 443. The normalized spacial score (nSPS) is 10.5. The van der Waals surface area contributed by atoms with Crippen molar-refractivity contribution in [3.05, 3.63) is 28.0 Å². The van der Waals surface area contributed by atoms with Crippen molar-refractivity contribution >= 4 is 27.5 Å². The predicted molar refractivity (Wildman–Crippen MR) is 73.4 cm³/mol. The number of rotatable bonds is 7. The quantitative estimate of drug-likeness (QED) is 0.518. The monoisotopic (exact) mass is 334 g/mol. The number of hydrogen-bond donors (Lipinski definition) is 3. The molecule has 0 bridgehead atoms. The summed E-state index contributed by atoms with van der Waals surface area (Å²) < 4.78 is 18.5. The summed E-state index contributed by atoms with van der Waals surface area (Å²) in [4.78, 5) is 11.8. The Morgan fingerprint density at radius 2 is 2.21 bits per heavy atom. The molecule has 0 aliphatic carbocycles. The van der Waals surface area contributed by atoms with Gasteiger partial charge in [-0.2, -0.15) is 0 Å². The molecule has 1 aromatic carbocycles. The van der Waals surface area contributed by atoms with E-state index in [1.807, 2.05) is 0 Å². The van der Waals surface area contributed by atoms with E-state index in [0.29, 0.717) is 24.0 Å². The highest BCUT2D eigenvalue weighted by Crippen LogP contribution is 2.22. The number of aliphatic hydroxyl groups is 1. The summed E-state index contributed by atoms with van der Waals surface area (Å²) in [6.07, 6.45) is 0.625. The van der Waals surface area contributed by atoms with Crippen molar-refractivity contribution in [1.29, 1.82) is 0 Å². The molecule has 0 saturated carbocycles. The number of amides is 1. The van der Waals surface area contributed by atoms with Crippen molar-refractivity contribution in [2.75, 3.05) is 32.1 Å². The second kappa shape index (κ2) is 8.08. The fraction of sp³-hybridized carbons (Fsp3) is 0.417. The average Bonchev–Trinajstić information content (AvgIpc) is 2.37. The molecule has 0 aliphatic heterocycles. The zero-order valence-corrected chi connectivity index (χ0v) is 11.9. The topological polar surface area (TPSA) is 84.6 Å². The Hall–Kier alpha value is -1.18. The molecule has 5 nitrogen and oxygen atoms in total. The summed E-state index contributed by atoms with van der Waals surface area (Å²) in [5.74, 6) is -0.901. The highest BCUT2D eigenvalue weighted by molar-refractivity contribution is 9.10. The van der Waals surface area contributed by atoms with Gasteiger partial charge in [-0.15, -0.1) is 0 Å². The third-order valence-electron chi connectivity index (χ3n) is 2.32. The number of benzene rings is 1. The molecule has 1 aromatic rings. The molecule has 0 aliphatic rings. The molecule has 1 amide bonds. The van der Waals surface area contributed by atoms with Gasteiger partial charge in [0.25, 0.3) is 5.91 Å². The minimum Gasteiger partial charge on any atom is -0.396 e. The molecule has 0 saturated heterocycles. The lowest BCUT2D eigenvalue weighted by Gasteiger charge is -2.08. The van der Waals surface area contributed by atoms with Gasteiger partial charge in [0.2, 0.25) is 0 Å². The van der Waals surface area contributed by atoms with Crippen LogP contribution in [0.2, 0.25) is 0 Å². The van der Waals surface area contributed by atoms with Gasteiger partial charge in [-0.3, -0.25) is 4.79 Å². The number of hydrogen-bond acceptors (Lipinski definition) is 4. The van der Waals surface area contributed by atoms with Gasteiger partial charge in [0, 0.05) is 17.6 Å². The third-order valence-corrected chi connectivity index (χ3v) is 2.97. The number of nitrogen functional groups attached to an aromatic ring is 1. The van der Waals surface area contributed by atoms with Crippen molar-refractivity contribution in [3.63, 3.8) is 0 Å². The van der Waals surface area contributed by atoms with Crippen LogP contribution in [0, 0.1) is 5.82 Å². The molecule has 0 heterocycles. The molecule has 4 N–H and O–H groups in total. The van der Waals surface area contributed by atoms with Crippen LogP contribution in [-0.4, -0.2) is 37.4 Å². The number of carbonyl (C=O) groups excluding carboxylic acids is 1. The lowest BCUT2D eigenvalue weighted by molar-refractivity contribution is 0.0867. The molecular weight excluding hydrogens is 319 g/mol. The van der Waals surface area contributed by atoms with Gasteiger partial charge >= 0.3 is 0 Å². The maximum atomic E-state index is 13.1. The maximum Gasteiger partial charge on any atom is 0.252 e. The van der Waals surface area contributed by atoms with Gasteiger partial charge in [-0.1, -0.05) is 0 Å². The average molecular weight is 335 g/mol. The number of nitrogens with one attached hydrogen (secondary N) is 1. The van der Waals surface area contributed by atoms with Crippen LogP contribution in [-0.2, 0) is 4.74 Å². The van der Waals surface area contributed by atoms with E-state index >= 15 is 0 Å². The molecule has 0 fully saturated rings. The van der Waals surface area contributed by atoms with Gasteiger partial charge in [-0.25, -0.2) is 4.39 Å². The summed E-state index contributed by atoms with van der Waals surface area (Å²) in [5.41, 5.74) is 5.63. The summed E-state index contributed by atoms with van der Waals surface area (Å²) >= 11 is 3.12. The van der Waals surface area contributed by atoms with Crippen LogP contribution in [0.25, 0.3) is 0 Å². The second-order valence-electron chi connectivity index (χ2n) is 3.80. The SMILES string of the molecule is Nc1cc(C(=O)NCCCOCCO)c(Br)cc1F. The van der Waals surface area contributed by atoms with Crippen LogP contribution in [0.15, 0.2) is 16.6 Å². The fourth-order valence-corrected chi connectivity index (χ4v) is 1.87. The standard InChI is InChI=1S/C12H16BrFN2O3/c13-9-7-10(14)11(15)6-8(9)12(18)16-2-1-4-19-5-3-17/h6-7,17H,1-5,15H2,(H,16,18). The van der Waals surface area contributed by atoms with Gasteiger partial charge in [0.05, 0.1) is 24.5 Å². The molecule has 0 aromatic heterocycles. The molecule has 0 unspecified atom stereocenters. The van der Waals surface area contributed by atoms with Gasteiger partial charge in [0.1, 0.15) is 5.82 Å². The first-order valence-corrected chi connectivity index (χ1v) is 6.57. The number of anilines is 1. The lowest BCUT2D eigenvalue weighted by Crippen LogP contribution is -2.26. The van der Waals surface area contributed by atoms with E-state index in [4.69, 9.17) is 15.6 Å². The fourth-order valence-electron chi connectivity index (χ4n) is 1.38. The van der Waals surface area contributed by atoms with E-state index in [1.54, 1.807) is 0 Å². The number of nitrogens with two attached hydrogens (primary N) is 1. The first kappa shape index (κ1) is 15.9. The van der Waals surface area contributed by atoms with Crippen molar-refractivity contribution in [1.82, 2.24) is 5.32 Å². The molecule has 1 rings (SSSR count). The van der Waals surface area contributed by atoms with Crippen molar-refractivity contribution in [2.45, 2.75) is 6.42 Å². The second-order valence-corrected chi connectivity index (χ2v) is 4.65. The lowest BCUT2D eigenvalue weighted by atomic mass is 10.2. The van der Waals surface area contributed by atoms with Crippen LogP contribution in [0.1, 0.15) is 16.8 Å². The smallest absolute Gasteiger partial charge is 0.252 e. The molecule has 7 heteroatoms. The molecule has 0 atom stereocenters. The molecule has 0 radical (unpaired) electrons. The molecular formula is C12H16BrFN2O3. The van der Waals surface area contributed by atoms with Gasteiger partial charge in [-0.05, 0) is 34.5 Å². The minimum absolute atomic E-state index is 0.0197. The van der Waals surface area contributed by atoms with Crippen LogP contribution in [0.4, 0.5) is 10.1 Å². The summed E-state index contributed by atoms with van der Waals surface area (Å²) in [7, 11) is 0. The van der Waals surface area contributed by atoms with E-state index in [2.05, 4.69) is 21.2 Å². The third kappa shape index (κ3) is 5.14. The number of carbonyl (C=O) groups is 1. The van der Waals surface area contributed by atoms with E-state index in [9.17, 15) is 9.18 Å². The zero-order valence-electron chi connectivity index (χ0n) is 10.3. The van der Waals surface area contributed by atoms with Crippen LogP contribution < -0.4 is 11.1 Å². The highest BCUT2D eigenvalue weighted by Gasteiger charge is 2.12. The zero-order chi connectivity index (χ0) is 14.3. The Labute approximate surface area is 119 Å². The first-order chi connectivity index (χ1) is 9.06. The number of aliphatic hydroxyl groups excluding tert-OH is 1. The van der Waals surface area contributed by atoms with E-state index in [1.165, 1.54) is 6.07 Å². The van der Waals surface area contributed by atoms with Gasteiger partial charge in [0.15, 0.2) is 0 Å². The van der Waals surface area contributed by atoms with Gasteiger partial charge < -0.3 is 20.9 Å². The molecule has 0 spiro atoms. The van der Waals surface area contributed by atoms with Crippen LogP contribution in [0.3, 0.4) is 0 Å². The van der Waals surface area contributed by atoms with E-state index in [0.717, 1.165) is 6.07 Å². The van der Waals surface area contributed by atoms with Crippen molar-refractivity contribution in [2.24, 2.45) is 0 Å². The first-order valence-electron chi connectivity index (χ1n) is 5.77. The summed E-state index contributed by atoms with van der Waals surface area (Å²) in [5, 5.41) is 11.2. The summed E-state index contributed by atoms with van der Waals surface area (Å²) in [6, 6.07) is 2.45. The number of ether oxygens (including phenoxy) is 1. The summed E-state index contributed by atoms with van der Waals surface area (Å²) in [6.45, 7) is 1.14. The predicted octanol–water partition coefficient (Wildman–Crippen LogP) is 1.30. The Balaban J connectivity index is 2.43. The highest BCUT2D eigenvalue weighted by atomic mass is 79.9. The van der Waals surface area contributed by atoms with E-state index in [-0.39, 0.29) is 30.4 Å². The Morgan fingerprint density at radius 1 is 1.47 bits per heavy atom. The maximum absolute atomic E-state index is 13.1. The van der Waals surface area contributed by atoms with Crippen molar-refractivity contribution in [3.8, 4) is 0 Å². The Kier molecular flexibility index (Phi) is 6.75.